The Hall–Kier alpha value is -1.15. The van der Waals surface area contributed by atoms with Crippen LogP contribution in [0.2, 0.25) is 0 Å². The smallest absolute Gasteiger partial charge is 0.150 e. The van der Waals surface area contributed by atoms with E-state index in [0.29, 0.717) is 22.3 Å². The van der Waals surface area contributed by atoms with E-state index in [0.717, 1.165) is 0 Å². The third-order valence-electron chi connectivity index (χ3n) is 1.90. The second-order valence-electron chi connectivity index (χ2n) is 2.92. The van der Waals surface area contributed by atoms with Crippen LogP contribution >= 0.6 is 0 Å². The van der Waals surface area contributed by atoms with E-state index >= 15 is 0 Å². The Labute approximate surface area is 95.8 Å². The molecule has 0 atom stereocenters. The summed E-state index contributed by atoms with van der Waals surface area (Å²) in [4.78, 5) is 11.2. The predicted octanol–water partition coefficient (Wildman–Crippen LogP) is 2.09. The summed E-state index contributed by atoms with van der Waals surface area (Å²) in [5.74, 6) is 0. The van der Waals surface area contributed by atoms with Crippen LogP contribution in [0.25, 0.3) is 0 Å². The molecule has 1 fully saturated rings. The Kier molecular flexibility index (Phi) is 1.18. The van der Waals surface area contributed by atoms with Gasteiger partial charge in [-0.15, -0.1) is 0 Å². The molecule has 1 aromatic rings. The molecule has 0 N–H and O–H groups in total. The SMILES string of the molecule is [2H]C1([2H])N(Cc2ccc(C=O)cc2)C([2H])([2H])C([2H])([2H])C1([2H])[2H]. The maximum absolute atomic E-state index is 10.6. The van der Waals surface area contributed by atoms with Crippen molar-refractivity contribution >= 4 is 6.29 Å². The molecular weight excluding hydrogens is 174 g/mol. The molecule has 0 saturated carbocycles. The van der Waals surface area contributed by atoms with Crippen LogP contribution in [0.1, 0.15) is 39.6 Å². The lowest BCUT2D eigenvalue weighted by molar-refractivity contribution is 0.112. The normalized spacial score (nSPS) is 40.0. The van der Waals surface area contributed by atoms with Gasteiger partial charge in [0.25, 0.3) is 0 Å². The molecule has 2 heteroatoms. The summed E-state index contributed by atoms with van der Waals surface area (Å²) in [5, 5.41) is 0. The fourth-order valence-corrected chi connectivity index (χ4v) is 1.18. The summed E-state index contributed by atoms with van der Waals surface area (Å²) in [5.41, 5.74) is 0.855. The Balaban J connectivity index is 2.42. The van der Waals surface area contributed by atoms with Gasteiger partial charge in [-0.2, -0.15) is 0 Å². The Morgan fingerprint density at radius 1 is 1.29 bits per heavy atom. The van der Waals surface area contributed by atoms with Crippen molar-refractivity contribution < 1.29 is 15.8 Å². The molecule has 2 nitrogen and oxygen atoms in total. The van der Waals surface area contributed by atoms with Gasteiger partial charge in [0.15, 0.2) is 0 Å². The average Bonchev–Trinajstić information content (AvgIpc) is 2.49. The molecule has 2 rings (SSSR count). The van der Waals surface area contributed by atoms with E-state index < -0.39 is 25.7 Å². The topological polar surface area (TPSA) is 20.3 Å². The van der Waals surface area contributed by atoms with Gasteiger partial charge < -0.3 is 0 Å². The zero-order valence-corrected chi connectivity index (χ0v) is 7.45. The number of hydrogen-bond donors (Lipinski definition) is 0. The average molecular weight is 197 g/mol. The largest absolute Gasteiger partial charge is 0.299 e. The van der Waals surface area contributed by atoms with Crippen LogP contribution in [0.5, 0.6) is 0 Å². The van der Waals surface area contributed by atoms with Gasteiger partial charge in [-0.1, -0.05) is 24.3 Å². The number of carbonyl (C=O) groups is 1. The van der Waals surface area contributed by atoms with Crippen LogP contribution in [0, 0.1) is 0 Å². The summed E-state index contributed by atoms with van der Waals surface area (Å²) in [6.07, 6.45) is -5.41. The molecule has 1 saturated heterocycles. The lowest BCUT2D eigenvalue weighted by Crippen LogP contribution is -2.18. The van der Waals surface area contributed by atoms with Gasteiger partial charge in [-0.05, 0) is 31.3 Å². The lowest BCUT2D eigenvalue weighted by Gasteiger charge is -2.14. The number of aldehydes is 1. The minimum Gasteiger partial charge on any atom is -0.299 e. The summed E-state index contributed by atoms with van der Waals surface area (Å²) in [6.45, 7) is -5.98. The van der Waals surface area contributed by atoms with E-state index in [1.54, 1.807) is 0 Å². The maximum Gasteiger partial charge on any atom is 0.150 e. The lowest BCUT2D eigenvalue weighted by atomic mass is 10.1. The first-order valence-corrected chi connectivity index (χ1v) is 4.21. The van der Waals surface area contributed by atoms with Gasteiger partial charge in [0, 0.05) is 23.1 Å². The van der Waals surface area contributed by atoms with Crippen LogP contribution in [0.15, 0.2) is 24.3 Å². The molecule has 14 heavy (non-hydrogen) atoms. The quantitative estimate of drug-likeness (QED) is 0.692. The molecule has 0 aromatic heterocycles. The zero-order valence-electron chi connectivity index (χ0n) is 15.4. The monoisotopic (exact) mass is 197 g/mol. The maximum atomic E-state index is 10.6. The third kappa shape index (κ3) is 2.20. The summed E-state index contributed by atoms with van der Waals surface area (Å²) < 4.78 is 62.3. The minimum absolute atomic E-state index is 0.321. The van der Waals surface area contributed by atoms with Crippen molar-refractivity contribution in [1.82, 2.24) is 4.90 Å². The van der Waals surface area contributed by atoms with Crippen molar-refractivity contribution in [1.29, 1.82) is 0 Å². The van der Waals surface area contributed by atoms with Crippen LogP contribution < -0.4 is 0 Å². The van der Waals surface area contributed by atoms with Crippen LogP contribution in [-0.4, -0.2) is 24.2 Å². The highest BCUT2D eigenvalue weighted by molar-refractivity contribution is 5.74. The molecule has 0 amide bonds. The highest BCUT2D eigenvalue weighted by Crippen LogP contribution is 2.12. The van der Waals surface area contributed by atoms with Crippen LogP contribution in [-0.2, 0) is 6.54 Å². The highest BCUT2D eigenvalue weighted by atomic mass is 16.1. The number of rotatable bonds is 3. The van der Waals surface area contributed by atoms with Crippen LogP contribution in [0.4, 0.5) is 0 Å². The molecule has 1 aliphatic heterocycles. The Morgan fingerprint density at radius 2 is 1.93 bits per heavy atom. The van der Waals surface area contributed by atoms with Gasteiger partial charge >= 0.3 is 0 Å². The van der Waals surface area contributed by atoms with Gasteiger partial charge in [0.1, 0.15) is 6.29 Å². The van der Waals surface area contributed by atoms with Crippen LogP contribution in [0.3, 0.4) is 0 Å². The Bertz CT molecular complexity index is 557. The number of hydrogen-bond acceptors (Lipinski definition) is 2. The van der Waals surface area contributed by atoms with Gasteiger partial charge in [0.2, 0.25) is 0 Å². The predicted molar refractivity (Wildman–Crippen MR) is 56.3 cm³/mol. The zero-order chi connectivity index (χ0) is 17.0. The van der Waals surface area contributed by atoms with Gasteiger partial charge in [0.05, 0.1) is 0 Å². The second-order valence-corrected chi connectivity index (χ2v) is 2.92. The molecule has 0 bridgehead atoms. The highest BCUT2D eigenvalue weighted by Gasteiger charge is 2.11. The summed E-state index contributed by atoms with van der Waals surface area (Å²) >= 11 is 0. The van der Waals surface area contributed by atoms with Gasteiger partial charge in [-0.3, -0.25) is 9.69 Å². The van der Waals surface area contributed by atoms with Crippen molar-refractivity contribution in [3.05, 3.63) is 35.4 Å². The van der Waals surface area contributed by atoms with E-state index in [-0.39, 0.29) is 6.54 Å². The second kappa shape index (κ2) is 4.38. The fourth-order valence-electron chi connectivity index (χ4n) is 1.18. The number of carbonyl (C=O) groups excluding carboxylic acids is 1. The van der Waals surface area contributed by atoms with Crippen molar-refractivity contribution in [2.45, 2.75) is 19.3 Å². The number of benzene rings is 1. The van der Waals surface area contributed by atoms with Crippen molar-refractivity contribution in [3.63, 3.8) is 0 Å². The standard InChI is InChI=1S/C12H15NO/c14-10-12-5-3-11(4-6-12)9-13-7-1-2-8-13/h3-6,10H,1-2,7-9H2/i1D2,2D2,7D2,8D2. The first kappa shape index (κ1) is 3.78. The van der Waals surface area contributed by atoms with E-state index in [4.69, 9.17) is 11.0 Å². The molecule has 0 radical (unpaired) electrons. The van der Waals surface area contributed by atoms with E-state index in [1.807, 2.05) is 0 Å². The minimum atomic E-state index is -3.02. The fraction of sp³-hybridized carbons (Fsp3) is 0.417. The summed E-state index contributed by atoms with van der Waals surface area (Å²) in [7, 11) is 0. The molecule has 0 unspecified atom stereocenters. The van der Waals surface area contributed by atoms with Gasteiger partial charge in [-0.25, -0.2) is 0 Å². The molecular formula is C12H15NO. The summed E-state index contributed by atoms with van der Waals surface area (Å²) in [6, 6.07) is 5.96. The first-order valence-electron chi connectivity index (χ1n) is 8.21. The molecule has 1 aliphatic rings. The molecule has 74 valence electrons. The van der Waals surface area contributed by atoms with Crippen molar-refractivity contribution in [3.8, 4) is 0 Å². The van der Waals surface area contributed by atoms with E-state index in [2.05, 4.69) is 0 Å². The van der Waals surface area contributed by atoms with Crippen molar-refractivity contribution in [2.75, 3.05) is 13.0 Å². The van der Waals surface area contributed by atoms with Crippen molar-refractivity contribution in [2.24, 2.45) is 0 Å². The molecule has 1 heterocycles. The van der Waals surface area contributed by atoms with E-state index in [9.17, 15) is 4.79 Å². The Morgan fingerprint density at radius 3 is 2.50 bits per heavy atom. The number of likely N-dealkylation sites (tertiary alicyclic amines) is 1. The molecule has 0 aliphatic carbocycles. The molecule has 0 spiro atoms. The first-order chi connectivity index (χ1) is 9.89. The number of nitrogens with zero attached hydrogens (tertiary/aromatic N) is 1. The van der Waals surface area contributed by atoms with E-state index in [1.165, 1.54) is 24.3 Å². The third-order valence-corrected chi connectivity index (χ3v) is 1.90. The molecule has 1 aromatic carbocycles.